The van der Waals surface area contributed by atoms with E-state index < -0.39 is 0 Å². The lowest BCUT2D eigenvalue weighted by atomic mass is 10.1. The SMILES string of the molecule is O=c1[nH]cnc(Oc2ccc3ccccc3c2)c1I. The smallest absolute Gasteiger partial charge is 0.268 e. The number of nitrogens with one attached hydrogen (secondary N) is 1. The molecule has 0 bridgehead atoms. The Morgan fingerprint density at radius 3 is 2.74 bits per heavy atom. The summed E-state index contributed by atoms with van der Waals surface area (Å²) in [6.45, 7) is 0. The van der Waals surface area contributed by atoms with Crippen LogP contribution in [0.1, 0.15) is 0 Å². The Hall–Kier alpha value is -1.89. The average Bonchev–Trinajstić information content (AvgIpc) is 2.44. The van der Waals surface area contributed by atoms with Crippen molar-refractivity contribution in [3.8, 4) is 11.6 Å². The number of aromatic amines is 1. The first-order valence-corrected chi connectivity index (χ1v) is 6.72. The second-order valence-electron chi connectivity index (χ2n) is 3.96. The predicted molar refractivity (Wildman–Crippen MR) is 81.6 cm³/mol. The summed E-state index contributed by atoms with van der Waals surface area (Å²) in [6.07, 6.45) is 1.33. The average molecular weight is 364 g/mol. The minimum Gasteiger partial charge on any atom is -0.438 e. The van der Waals surface area contributed by atoms with E-state index >= 15 is 0 Å². The van der Waals surface area contributed by atoms with Gasteiger partial charge in [0.15, 0.2) is 0 Å². The number of rotatable bonds is 2. The normalized spacial score (nSPS) is 10.6. The van der Waals surface area contributed by atoms with Gasteiger partial charge < -0.3 is 9.72 Å². The Bertz CT molecular complexity index is 799. The number of H-pyrrole nitrogens is 1. The Morgan fingerprint density at radius 1 is 1.11 bits per heavy atom. The molecule has 2 aromatic carbocycles. The number of hydrogen-bond donors (Lipinski definition) is 1. The lowest BCUT2D eigenvalue weighted by Crippen LogP contribution is -2.11. The highest BCUT2D eigenvalue weighted by atomic mass is 127. The zero-order valence-corrected chi connectivity index (χ0v) is 11.9. The van der Waals surface area contributed by atoms with Crippen LogP contribution in [0, 0.1) is 3.57 Å². The molecule has 0 aliphatic heterocycles. The highest BCUT2D eigenvalue weighted by Crippen LogP contribution is 2.25. The topological polar surface area (TPSA) is 55.0 Å². The van der Waals surface area contributed by atoms with E-state index in [1.807, 2.05) is 65.1 Å². The third-order valence-electron chi connectivity index (χ3n) is 2.70. The van der Waals surface area contributed by atoms with Gasteiger partial charge in [-0.2, -0.15) is 0 Å². The van der Waals surface area contributed by atoms with Crippen molar-refractivity contribution in [3.05, 3.63) is 62.7 Å². The molecule has 0 atom stereocenters. The summed E-state index contributed by atoms with van der Waals surface area (Å²) in [5.74, 6) is 0.981. The second-order valence-corrected chi connectivity index (χ2v) is 5.04. The molecule has 0 radical (unpaired) electrons. The van der Waals surface area contributed by atoms with Gasteiger partial charge in [-0.15, -0.1) is 0 Å². The lowest BCUT2D eigenvalue weighted by Gasteiger charge is -2.06. The van der Waals surface area contributed by atoms with E-state index in [9.17, 15) is 4.79 Å². The van der Waals surface area contributed by atoms with Crippen molar-refractivity contribution in [3.63, 3.8) is 0 Å². The van der Waals surface area contributed by atoms with Crippen molar-refractivity contribution in [1.29, 1.82) is 0 Å². The molecule has 0 saturated heterocycles. The van der Waals surface area contributed by atoms with Crippen LogP contribution in [0.3, 0.4) is 0 Å². The zero-order valence-electron chi connectivity index (χ0n) is 9.76. The number of nitrogens with zero attached hydrogens (tertiary/aromatic N) is 1. The summed E-state index contributed by atoms with van der Waals surface area (Å²) in [7, 11) is 0. The fourth-order valence-corrected chi connectivity index (χ4v) is 2.19. The van der Waals surface area contributed by atoms with E-state index in [2.05, 4.69) is 9.97 Å². The minimum atomic E-state index is -0.202. The molecule has 0 spiro atoms. The maximum absolute atomic E-state index is 11.5. The van der Waals surface area contributed by atoms with Crippen molar-refractivity contribution in [2.75, 3.05) is 0 Å². The number of benzene rings is 2. The first-order chi connectivity index (χ1) is 9.24. The molecule has 0 aliphatic carbocycles. The van der Waals surface area contributed by atoms with E-state index in [1.54, 1.807) is 0 Å². The molecule has 19 heavy (non-hydrogen) atoms. The number of aromatic nitrogens is 2. The van der Waals surface area contributed by atoms with Crippen LogP contribution in [0.5, 0.6) is 11.6 Å². The fraction of sp³-hybridized carbons (Fsp3) is 0. The standard InChI is InChI=1S/C14H9IN2O2/c15-12-13(18)16-8-17-14(12)19-11-6-5-9-3-1-2-4-10(9)7-11/h1-8H,(H,16,17,18). The Kier molecular flexibility index (Phi) is 3.20. The van der Waals surface area contributed by atoms with Gasteiger partial charge in [0, 0.05) is 0 Å². The fourth-order valence-electron chi connectivity index (χ4n) is 1.78. The molecular formula is C14H9IN2O2. The van der Waals surface area contributed by atoms with E-state index in [0.717, 1.165) is 10.8 Å². The van der Waals surface area contributed by atoms with Crippen LogP contribution >= 0.6 is 22.6 Å². The maximum atomic E-state index is 11.5. The molecule has 94 valence electrons. The number of hydrogen-bond acceptors (Lipinski definition) is 3. The van der Waals surface area contributed by atoms with Crippen LogP contribution in [-0.2, 0) is 0 Å². The van der Waals surface area contributed by atoms with Crippen LogP contribution in [0.2, 0.25) is 0 Å². The van der Waals surface area contributed by atoms with Crippen LogP contribution < -0.4 is 10.3 Å². The van der Waals surface area contributed by atoms with Gasteiger partial charge in [0.05, 0.1) is 6.33 Å². The minimum absolute atomic E-state index is 0.202. The van der Waals surface area contributed by atoms with E-state index in [0.29, 0.717) is 15.2 Å². The lowest BCUT2D eigenvalue weighted by molar-refractivity contribution is 0.457. The molecule has 1 heterocycles. The Labute approximate surface area is 122 Å². The highest BCUT2D eigenvalue weighted by Gasteiger charge is 2.07. The first kappa shape index (κ1) is 12.2. The molecule has 1 aromatic heterocycles. The van der Waals surface area contributed by atoms with Gasteiger partial charge in [0.25, 0.3) is 5.56 Å². The molecule has 3 rings (SSSR count). The van der Waals surface area contributed by atoms with Crippen molar-refractivity contribution >= 4 is 33.4 Å². The molecule has 1 N–H and O–H groups in total. The molecule has 0 fully saturated rings. The second kappa shape index (κ2) is 5.00. The number of fused-ring (bicyclic) bond motifs is 1. The summed E-state index contributed by atoms with van der Waals surface area (Å²) in [4.78, 5) is 18.0. The van der Waals surface area contributed by atoms with Gasteiger partial charge >= 0.3 is 0 Å². The van der Waals surface area contributed by atoms with Crippen LogP contribution in [0.15, 0.2) is 53.6 Å². The monoisotopic (exact) mass is 364 g/mol. The summed E-state index contributed by atoms with van der Waals surface area (Å²) in [5, 5.41) is 2.23. The summed E-state index contributed by atoms with van der Waals surface area (Å²) in [5.41, 5.74) is -0.202. The molecule has 0 aliphatic rings. The Balaban J connectivity index is 2.01. The third kappa shape index (κ3) is 2.46. The molecular weight excluding hydrogens is 355 g/mol. The van der Waals surface area contributed by atoms with Gasteiger partial charge in [-0.3, -0.25) is 4.79 Å². The molecule has 4 nitrogen and oxygen atoms in total. The molecule has 0 unspecified atom stereocenters. The highest BCUT2D eigenvalue weighted by molar-refractivity contribution is 14.1. The van der Waals surface area contributed by atoms with Gasteiger partial charge in [0.1, 0.15) is 9.32 Å². The third-order valence-corrected chi connectivity index (χ3v) is 3.65. The molecule has 3 aromatic rings. The van der Waals surface area contributed by atoms with E-state index in [4.69, 9.17) is 4.74 Å². The van der Waals surface area contributed by atoms with E-state index in [1.165, 1.54) is 6.33 Å². The van der Waals surface area contributed by atoms with Gasteiger partial charge in [-0.05, 0) is 45.5 Å². The van der Waals surface area contributed by atoms with Crippen LogP contribution in [-0.4, -0.2) is 9.97 Å². The van der Waals surface area contributed by atoms with Crippen molar-refractivity contribution in [2.45, 2.75) is 0 Å². The maximum Gasteiger partial charge on any atom is 0.268 e. The van der Waals surface area contributed by atoms with Crippen LogP contribution in [0.4, 0.5) is 0 Å². The summed E-state index contributed by atoms with van der Waals surface area (Å²) >= 11 is 1.92. The Morgan fingerprint density at radius 2 is 1.89 bits per heavy atom. The first-order valence-electron chi connectivity index (χ1n) is 5.64. The number of ether oxygens (including phenoxy) is 1. The van der Waals surface area contributed by atoms with E-state index in [-0.39, 0.29) is 5.56 Å². The molecule has 0 saturated carbocycles. The van der Waals surface area contributed by atoms with Crippen molar-refractivity contribution < 1.29 is 4.74 Å². The summed E-state index contributed by atoms with van der Waals surface area (Å²) in [6, 6.07) is 13.8. The van der Waals surface area contributed by atoms with Gasteiger partial charge in [-0.1, -0.05) is 30.3 Å². The quantitative estimate of drug-likeness (QED) is 0.710. The molecule has 0 amide bonds. The summed E-state index contributed by atoms with van der Waals surface area (Å²) < 4.78 is 6.10. The predicted octanol–water partition coefficient (Wildman–Crippen LogP) is 3.32. The number of halogens is 1. The zero-order chi connectivity index (χ0) is 13.2. The molecule has 5 heteroatoms. The van der Waals surface area contributed by atoms with Crippen molar-refractivity contribution in [2.24, 2.45) is 0 Å². The van der Waals surface area contributed by atoms with Crippen molar-refractivity contribution in [1.82, 2.24) is 9.97 Å². The van der Waals surface area contributed by atoms with Gasteiger partial charge in [0.2, 0.25) is 5.88 Å². The van der Waals surface area contributed by atoms with Gasteiger partial charge in [-0.25, -0.2) is 4.98 Å². The largest absolute Gasteiger partial charge is 0.438 e. The van der Waals surface area contributed by atoms with Crippen LogP contribution in [0.25, 0.3) is 10.8 Å².